The van der Waals surface area contributed by atoms with Gasteiger partial charge in [0.1, 0.15) is 18.2 Å². The molecule has 1 fully saturated rings. The van der Waals surface area contributed by atoms with E-state index in [1.165, 1.54) is 17.3 Å². The van der Waals surface area contributed by atoms with E-state index in [2.05, 4.69) is 44.2 Å². The van der Waals surface area contributed by atoms with Crippen LogP contribution < -0.4 is 5.32 Å². The molecule has 2 N–H and O–H groups in total. The van der Waals surface area contributed by atoms with Crippen LogP contribution in [0.4, 0.5) is 18.9 Å². The largest absolute Gasteiger partial charge is 0.422 e. The van der Waals surface area contributed by atoms with Gasteiger partial charge in [0.05, 0.1) is 5.69 Å². The quantitative estimate of drug-likeness (QED) is 0.425. The lowest BCUT2D eigenvalue weighted by Gasteiger charge is -2.33. The molecule has 0 aliphatic carbocycles. The van der Waals surface area contributed by atoms with Crippen LogP contribution in [0.3, 0.4) is 0 Å². The molecule has 1 aromatic carbocycles. The predicted octanol–water partition coefficient (Wildman–Crippen LogP) is 5.07. The summed E-state index contributed by atoms with van der Waals surface area (Å²) in [5.74, 6) is -0.379. The lowest BCUT2D eigenvalue weighted by atomic mass is 10.0. The number of nitriles is 1. The number of aryl methyl sites for hydroxylation is 1. The molecular formula is C24H23F3N6O. The molecule has 4 heterocycles. The molecule has 0 unspecified atom stereocenters. The van der Waals surface area contributed by atoms with Crippen molar-refractivity contribution >= 4 is 27.8 Å². The van der Waals surface area contributed by atoms with Crippen molar-refractivity contribution in [3.05, 3.63) is 53.2 Å². The van der Waals surface area contributed by atoms with E-state index in [0.29, 0.717) is 16.9 Å². The Hall–Kier alpha value is -3.58. The Kier molecular flexibility index (Phi) is 5.65. The monoisotopic (exact) mass is 468 g/mol. The molecule has 1 aliphatic rings. The fraction of sp³-hybridized carbons (Fsp3) is 0.375. The number of benzene rings is 1. The van der Waals surface area contributed by atoms with E-state index in [4.69, 9.17) is 9.68 Å². The highest BCUT2D eigenvalue weighted by molar-refractivity contribution is 5.86. The minimum Gasteiger partial charge on any atom is -0.422 e. The molecule has 1 saturated heterocycles. The number of fused-ring (bicyclic) bond motifs is 2. The van der Waals surface area contributed by atoms with Gasteiger partial charge in [-0.15, -0.1) is 0 Å². The molecule has 0 bridgehead atoms. The average molecular weight is 468 g/mol. The number of hydrogen-bond donors (Lipinski definition) is 2. The molecule has 4 aromatic rings. The summed E-state index contributed by atoms with van der Waals surface area (Å²) in [5, 5.41) is 13.6. The van der Waals surface area contributed by atoms with E-state index >= 15 is 0 Å². The van der Waals surface area contributed by atoms with Gasteiger partial charge in [0.15, 0.2) is 5.52 Å². The minimum absolute atomic E-state index is 0.108. The van der Waals surface area contributed by atoms with Crippen LogP contribution in [-0.2, 0) is 13.0 Å². The third-order valence-electron chi connectivity index (χ3n) is 6.34. The maximum absolute atomic E-state index is 12.7. The number of anilines is 1. The van der Waals surface area contributed by atoms with Gasteiger partial charge in [-0.1, -0.05) is 6.07 Å². The molecule has 34 heavy (non-hydrogen) atoms. The van der Waals surface area contributed by atoms with Crippen molar-refractivity contribution in [2.24, 2.45) is 0 Å². The van der Waals surface area contributed by atoms with E-state index in [1.54, 1.807) is 6.07 Å². The summed E-state index contributed by atoms with van der Waals surface area (Å²) in [6.45, 7) is 4.68. The Balaban J connectivity index is 1.23. The van der Waals surface area contributed by atoms with E-state index in [0.717, 1.165) is 43.4 Å². The third kappa shape index (κ3) is 4.56. The van der Waals surface area contributed by atoms with Gasteiger partial charge in [-0.2, -0.15) is 18.4 Å². The topological polar surface area (TPSA) is 93.8 Å². The number of nitrogens with zero attached hydrogens (tertiary/aromatic N) is 4. The van der Waals surface area contributed by atoms with Gasteiger partial charge in [-0.05, 0) is 49.1 Å². The van der Waals surface area contributed by atoms with Crippen LogP contribution in [-0.4, -0.2) is 45.2 Å². The van der Waals surface area contributed by atoms with Crippen LogP contribution in [0, 0.1) is 18.3 Å². The average Bonchev–Trinajstić information content (AvgIpc) is 3.40. The smallest absolute Gasteiger partial charge is 0.397 e. The number of likely N-dealkylation sites (tertiary alicyclic amines) is 1. The van der Waals surface area contributed by atoms with E-state index in [1.807, 2.05) is 12.1 Å². The fourth-order valence-corrected chi connectivity index (χ4v) is 4.56. The molecular weight excluding hydrogens is 445 g/mol. The molecule has 10 heteroatoms. The standard InChI is InChI=1S/C24H23F3N6O/c1-14-15(2-3-19-18(14)10-17(12-28)31-19)13-33-8-5-16(6-9-33)30-20-4-7-29-23-22(20)32-21(34-23)11-24(25,26)27/h2-4,7,10,16,31H,5-6,8-9,11,13H2,1H3,(H,29,30). The van der Waals surface area contributed by atoms with Crippen molar-refractivity contribution in [2.75, 3.05) is 18.4 Å². The van der Waals surface area contributed by atoms with Gasteiger partial charge < -0.3 is 14.7 Å². The molecule has 7 nitrogen and oxygen atoms in total. The van der Waals surface area contributed by atoms with Crippen molar-refractivity contribution in [2.45, 2.75) is 44.9 Å². The zero-order valence-corrected chi connectivity index (χ0v) is 18.5. The summed E-state index contributed by atoms with van der Waals surface area (Å²) in [6, 6.07) is 10.1. The van der Waals surface area contributed by atoms with Gasteiger partial charge >= 0.3 is 6.18 Å². The van der Waals surface area contributed by atoms with E-state index < -0.39 is 12.6 Å². The van der Waals surface area contributed by atoms with Gasteiger partial charge in [-0.3, -0.25) is 4.90 Å². The van der Waals surface area contributed by atoms with Gasteiger partial charge in [0.2, 0.25) is 11.6 Å². The van der Waals surface area contributed by atoms with Crippen LogP contribution in [0.5, 0.6) is 0 Å². The number of H-pyrrole nitrogens is 1. The number of aromatic nitrogens is 3. The lowest BCUT2D eigenvalue weighted by molar-refractivity contribution is -0.130. The van der Waals surface area contributed by atoms with Crippen LogP contribution >= 0.6 is 0 Å². The van der Waals surface area contributed by atoms with Crippen LogP contribution in [0.2, 0.25) is 0 Å². The van der Waals surface area contributed by atoms with Crippen LogP contribution in [0.15, 0.2) is 34.9 Å². The number of aromatic amines is 1. The number of hydrogen-bond acceptors (Lipinski definition) is 6. The normalized spacial score (nSPS) is 15.7. The lowest BCUT2D eigenvalue weighted by Crippen LogP contribution is -2.38. The predicted molar refractivity (Wildman–Crippen MR) is 121 cm³/mol. The van der Waals surface area contributed by atoms with Gasteiger partial charge in [0, 0.05) is 42.8 Å². The molecule has 0 saturated carbocycles. The third-order valence-corrected chi connectivity index (χ3v) is 6.34. The van der Waals surface area contributed by atoms with Crippen molar-refractivity contribution in [1.29, 1.82) is 5.26 Å². The van der Waals surface area contributed by atoms with Crippen LogP contribution in [0.25, 0.3) is 22.1 Å². The van der Waals surface area contributed by atoms with Crippen molar-refractivity contribution < 1.29 is 17.6 Å². The first-order valence-corrected chi connectivity index (χ1v) is 11.1. The highest BCUT2D eigenvalue weighted by Gasteiger charge is 2.31. The fourth-order valence-electron chi connectivity index (χ4n) is 4.56. The highest BCUT2D eigenvalue weighted by Crippen LogP contribution is 2.29. The summed E-state index contributed by atoms with van der Waals surface area (Å²) >= 11 is 0. The number of pyridine rings is 1. The van der Waals surface area contributed by atoms with Gasteiger partial charge in [0.25, 0.3) is 0 Å². The number of halogens is 3. The number of oxazole rings is 1. The molecule has 0 atom stereocenters. The second-order valence-electron chi connectivity index (χ2n) is 8.71. The van der Waals surface area contributed by atoms with Crippen molar-refractivity contribution in [3.8, 4) is 6.07 Å². The highest BCUT2D eigenvalue weighted by atomic mass is 19.4. The first kappa shape index (κ1) is 22.2. The molecule has 5 rings (SSSR count). The molecule has 0 amide bonds. The first-order valence-electron chi connectivity index (χ1n) is 11.1. The summed E-state index contributed by atoms with van der Waals surface area (Å²) < 4.78 is 43.3. The number of alkyl halides is 3. The molecule has 0 radical (unpaired) electrons. The molecule has 3 aromatic heterocycles. The summed E-state index contributed by atoms with van der Waals surface area (Å²) in [6.07, 6.45) is -2.31. The van der Waals surface area contributed by atoms with Crippen molar-refractivity contribution in [1.82, 2.24) is 19.9 Å². The number of rotatable bonds is 5. The Labute approximate surface area is 193 Å². The Bertz CT molecular complexity index is 1380. The zero-order chi connectivity index (χ0) is 23.9. The maximum Gasteiger partial charge on any atom is 0.397 e. The summed E-state index contributed by atoms with van der Waals surface area (Å²) in [5.41, 5.74) is 5.02. The second kappa shape index (κ2) is 8.65. The summed E-state index contributed by atoms with van der Waals surface area (Å²) in [7, 11) is 0. The summed E-state index contributed by atoms with van der Waals surface area (Å²) in [4.78, 5) is 13.6. The Morgan fingerprint density at radius 2 is 2.06 bits per heavy atom. The molecule has 0 spiro atoms. The van der Waals surface area contributed by atoms with Crippen molar-refractivity contribution in [3.63, 3.8) is 0 Å². The van der Waals surface area contributed by atoms with E-state index in [-0.39, 0.29) is 17.6 Å². The number of nitrogens with one attached hydrogen (secondary N) is 2. The SMILES string of the molecule is Cc1c(CN2CCC(Nc3ccnc4oc(CC(F)(F)F)nc34)CC2)ccc2[nH]c(C#N)cc12. The molecule has 176 valence electrons. The second-order valence-corrected chi connectivity index (χ2v) is 8.71. The van der Waals surface area contributed by atoms with Gasteiger partial charge in [-0.25, -0.2) is 9.97 Å². The molecule has 1 aliphatic heterocycles. The van der Waals surface area contributed by atoms with Crippen LogP contribution in [0.1, 0.15) is 35.6 Å². The maximum atomic E-state index is 12.7. The Morgan fingerprint density at radius 3 is 2.79 bits per heavy atom. The van der Waals surface area contributed by atoms with E-state index in [9.17, 15) is 13.2 Å². The minimum atomic E-state index is -4.39. The first-order chi connectivity index (χ1) is 16.3. The number of piperidine rings is 1. The Morgan fingerprint density at radius 1 is 1.26 bits per heavy atom. The zero-order valence-electron chi connectivity index (χ0n) is 18.5.